The summed E-state index contributed by atoms with van der Waals surface area (Å²) < 4.78 is 0. The highest BCUT2D eigenvalue weighted by atomic mass is 16.2. The summed E-state index contributed by atoms with van der Waals surface area (Å²) in [6.07, 6.45) is 0.127. The van der Waals surface area contributed by atoms with Gasteiger partial charge in [-0.3, -0.25) is 24.6 Å². The molecule has 0 saturated carbocycles. The molecule has 0 aliphatic carbocycles. The van der Waals surface area contributed by atoms with Crippen molar-refractivity contribution >= 4 is 17.7 Å². The first-order chi connectivity index (χ1) is 8.32. The lowest BCUT2D eigenvalue weighted by molar-refractivity contribution is -0.137. The lowest BCUT2D eigenvalue weighted by Crippen LogP contribution is -2.45. The summed E-state index contributed by atoms with van der Waals surface area (Å²) in [7, 11) is 1.45. The molecule has 0 aromatic heterocycles. The Morgan fingerprint density at radius 2 is 2.00 bits per heavy atom. The molecular formula is C12H21N3O3. The number of hydrogen-bond donors (Lipinski definition) is 2. The predicted molar refractivity (Wildman–Crippen MR) is 66.6 cm³/mol. The van der Waals surface area contributed by atoms with E-state index in [-0.39, 0.29) is 36.7 Å². The van der Waals surface area contributed by atoms with Crippen LogP contribution in [-0.2, 0) is 14.4 Å². The van der Waals surface area contributed by atoms with E-state index in [4.69, 9.17) is 0 Å². The van der Waals surface area contributed by atoms with Gasteiger partial charge in [-0.2, -0.15) is 0 Å². The second kappa shape index (κ2) is 5.95. The van der Waals surface area contributed by atoms with E-state index < -0.39 is 6.04 Å². The third-order valence-electron chi connectivity index (χ3n) is 3.28. The fraction of sp³-hybridized carbons (Fsp3) is 0.750. The standard InChI is InChI=1S/C12H21N3O3/c1-7(2)8(3)14-10(16)6-13-9-5-11(17)15(4)12(9)18/h7-9,13H,5-6H2,1-4H3,(H,14,16). The van der Waals surface area contributed by atoms with Crippen LogP contribution in [0.5, 0.6) is 0 Å². The monoisotopic (exact) mass is 255 g/mol. The molecule has 2 atom stereocenters. The second-order valence-corrected chi connectivity index (χ2v) is 5.03. The third-order valence-corrected chi connectivity index (χ3v) is 3.28. The largest absolute Gasteiger partial charge is 0.352 e. The lowest BCUT2D eigenvalue weighted by Gasteiger charge is -2.18. The Labute approximate surface area is 107 Å². The summed E-state index contributed by atoms with van der Waals surface area (Å²) in [5, 5.41) is 5.64. The fourth-order valence-electron chi connectivity index (χ4n) is 1.60. The first-order valence-corrected chi connectivity index (χ1v) is 6.16. The molecule has 0 bridgehead atoms. The van der Waals surface area contributed by atoms with Gasteiger partial charge in [0.25, 0.3) is 0 Å². The van der Waals surface area contributed by atoms with Crippen molar-refractivity contribution < 1.29 is 14.4 Å². The van der Waals surface area contributed by atoms with Crippen molar-refractivity contribution in [3.05, 3.63) is 0 Å². The summed E-state index contributed by atoms with van der Waals surface area (Å²) in [5.74, 6) is -0.293. The topological polar surface area (TPSA) is 78.5 Å². The molecule has 0 spiro atoms. The Bertz CT molecular complexity index is 354. The van der Waals surface area contributed by atoms with E-state index in [1.54, 1.807) is 0 Å². The summed E-state index contributed by atoms with van der Waals surface area (Å²) in [4.78, 5) is 35.5. The third kappa shape index (κ3) is 3.53. The number of carbonyl (C=O) groups excluding carboxylic acids is 3. The molecule has 102 valence electrons. The molecule has 1 saturated heterocycles. The van der Waals surface area contributed by atoms with Crippen molar-refractivity contribution in [2.75, 3.05) is 13.6 Å². The SMILES string of the molecule is CC(C)C(C)NC(=O)CNC1CC(=O)N(C)C1=O. The van der Waals surface area contributed by atoms with Crippen molar-refractivity contribution in [2.24, 2.45) is 5.92 Å². The maximum Gasteiger partial charge on any atom is 0.246 e. The van der Waals surface area contributed by atoms with E-state index in [1.807, 2.05) is 20.8 Å². The zero-order chi connectivity index (χ0) is 13.9. The number of nitrogens with one attached hydrogen (secondary N) is 2. The summed E-state index contributed by atoms with van der Waals surface area (Å²) in [5.41, 5.74) is 0. The fourth-order valence-corrected chi connectivity index (χ4v) is 1.60. The summed E-state index contributed by atoms with van der Waals surface area (Å²) in [6, 6.07) is -0.481. The summed E-state index contributed by atoms with van der Waals surface area (Å²) >= 11 is 0. The molecule has 1 fully saturated rings. The molecule has 1 aliphatic rings. The minimum atomic E-state index is -0.567. The highest BCUT2D eigenvalue weighted by Crippen LogP contribution is 2.09. The molecule has 0 radical (unpaired) electrons. The number of likely N-dealkylation sites (tertiary alicyclic amines) is 1. The van der Waals surface area contributed by atoms with Gasteiger partial charge in [0.2, 0.25) is 17.7 Å². The molecule has 3 amide bonds. The Kier molecular flexibility index (Phi) is 4.84. The van der Waals surface area contributed by atoms with E-state index >= 15 is 0 Å². The van der Waals surface area contributed by atoms with Gasteiger partial charge in [-0.25, -0.2) is 0 Å². The van der Waals surface area contributed by atoms with Crippen LogP contribution < -0.4 is 10.6 Å². The van der Waals surface area contributed by atoms with E-state index in [0.717, 1.165) is 4.90 Å². The van der Waals surface area contributed by atoms with Crippen LogP contribution in [0.3, 0.4) is 0 Å². The van der Waals surface area contributed by atoms with Crippen LogP contribution in [0.25, 0.3) is 0 Å². The molecule has 6 nitrogen and oxygen atoms in total. The highest BCUT2D eigenvalue weighted by Gasteiger charge is 2.35. The molecule has 1 rings (SSSR count). The second-order valence-electron chi connectivity index (χ2n) is 5.03. The number of imide groups is 1. The predicted octanol–water partition coefficient (Wildman–Crippen LogP) is -0.506. The van der Waals surface area contributed by atoms with Gasteiger partial charge in [-0.05, 0) is 12.8 Å². The van der Waals surface area contributed by atoms with Gasteiger partial charge in [-0.1, -0.05) is 13.8 Å². The molecule has 1 aliphatic heterocycles. The number of rotatable bonds is 5. The van der Waals surface area contributed by atoms with Gasteiger partial charge in [0, 0.05) is 13.1 Å². The van der Waals surface area contributed by atoms with Crippen molar-refractivity contribution in [3.63, 3.8) is 0 Å². The number of likely N-dealkylation sites (N-methyl/N-ethyl adjacent to an activating group) is 1. The molecule has 2 N–H and O–H groups in total. The number of carbonyl (C=O) groups is 3. The van der Waals surface area contributed by atoms with E-state index in [9.17, 15) is 14.4 Å². The molecular weight excluding hydrogens is 234 g/mol. The Morgan fingerprint density at radius 1 is 1.39 bits per heavy atom. The zero-order valence-corrected chi connectivity index (χ0v) is 11.3. The van der Waals surface area contributed by atoms with Crippen molar-refractivity contribution in [1.82, 2.24) is 15.5 Å². The molecule has 0 aromatic rings. The normalized spacial score (nSPS) is 21.6. The lowest BCUT2D eigenvalue weighted by atomic mass is 10.1. The van der Waals surface area contributed by atoms with Crippen LogP contribution in [0.1, 0.15) is 27.2 Å². The molecule has 18 heavy (non-hydrogen) atoms. The highest BCUT2D eigenvalue weighted by molar-refractivity contribution is 6.05. The molecule has 2 unspecified atom stereocenters. The maximum absolute atomic E-state index is 11.6. The van der Waals surface area contributed by atoms with Gasteiger partial charge in [-0.15, -0.1) is 0 Å². The van der Waals surface area contributed by atoms with Crippen LogP contribution in [0.2, 0.25) is 0 Å². The Hall–Kier alpha value is -1.43. The van der Waals surface area contributed by atoms with Gasteiger partial charge in [0.05, 0.1) is 19.0 Å². The molecule has 1 heterocycles. The number of hydrogen-bond acceptors (Lipinski definition) is 4. The molecule has 6 heteroatoms. The smallest absolute Gasteiger partial charge is 0.246 e. The number of amides is 3. The van der Waals surface area contributed by atoms with E-state index in [0.29, 0.717) is 5.92 Å². The first kappa shape index (κ1) is 14.6. The average Bonchev–Trinajstić information content (AvgIpc) is 2.54. The van der Waals surface area contributed by atoms with Crippen molar-refractivity contribution in [2.45, 2.75) is 39.3 Å². The van der Waals surface area contributed by atoms with Crippen molar-refractivity contribution in [1.29, 1.82) is 0 Å². The van der Waals surface area contributed by atoms with Crippen LogP contribution in [0.4, 0.5) is 0 Å². The van der Waals surface area contributed by atoms with Gasteiger partial charge in [0.1, 0.15) is 0 Å². The van der Waals surface area contributed by atoms with Gasteiger partial charge >= 0.3 is 0 Å². The number of nitrogens with zero attached hydrogens (tertiary/aromatic N) is 1. The van der Waals surface area contributed by atoms with Crippen LogP contribution >= 0.6 is 0 Å². The quantitative estimate of drug-likeness (QED) is 0.649. The zero-order valence-electron chi connectivity index (χ0n) is 11.3. The van der Waals surface area contributed by atoms with Gasteiger partial charge < -0.3 is 5.32 Å². The van der Waals surface area contributed by atoms with Crippen LogP contribution in [0.15, 0.2) is 0 Å². The van der Waals surface area contributed by atoms with Gasteiger partial charge in [0.15, 0.2) is 0 Å². The van der Waals surface area contributed by atoms with E-state index in [2.05, 4.69) is 10.6 Å². The minimum absolute atomic E-state index is 0.0502. The van der Waals surface area contributed by atoms with Crippen molar-refractivity contribution in [3.8, 4) is 0 Å². The maximum atomic E-state index is 11.6. The minimum Gasteiger partial charge on any atom is -0.352 e. The van der Waals surface area contributed by atoms with Crippen LogP contribution in [0, 0.1) is 5.92 Å². The average molecular weight is 255 g/mol. The van der Waals surface area contributed by atoms with Crippen LogP contribution in [-0.4, -0.2) is 48.3 Å². The Balaban J connectivity index is 2.36. The summed E-state index contributed by atoms with van der Waals surface area (Å²) in [6.45, 7) is 6.02. The molecule has 0 aromatic carbocycles. The van der Waals surface area contributed by atoms with E-state index in [1.165, 1.54) is 7.05 Å². The first-order valence-electron chi connectivity index (χ1n) is 6.16. The Morgan fingerprint density at radius 3 is 2.44 bits per heavy atom.